The number of rotatable bonds is 6. The Morgan fingerprint density at radius 2 is 1.86 bits per heavy atom. The summed E-state index contributed by atoms with van der Waals surface area (Å²) in [5.74, 6) is 4.99. The number of likely N-dealkylation sites (tertiary alicyclic amines) is 1. The van der Waals surface area contributed by atoms with E-state index in [2.05, 4.69) is 11.8 Å². The van der Waals surface area contributed by atoms with E-state index in [0.29, 0.717) is 29.9 Å². The highest BCUT2D eigenvalue weighted by atomic mass is 32.2. The van der Waals surface area contributed by atoms with E-state index in [9.17, 15) is 22.4 Å². The molecule has 3 heterocycles. The average molecular weight is 503 g/mol. The molecule has 2 aliphatic rings. The van der Waals surface area contributed by atoms with Crippen LogP contribution in [0.4, 0.5) is 9.18 Å². The molecule has 1 fully saturated rings. The van der Waals surface area contributed by atoms with E-state index >= 15 is 0 Å². The van der Waals surface area contributed by atoms with Crippen molar-refractivity contribution < 1.29 is 27.6 Å². The molecule has 1 aromatic heterocycles. The summed E-state index contributed by atoms with van der Waals surface area (Å²) in [6.45, 7) is 2.22. The van der Waals surface area contributed by atoms with Gasteiger partial charge in [-0.1, -0.05) is 24.0 Å². The topological polar surface area (TPSA) is 112 Å². The summed E-state index contributed by atoms with van der Waals surface area (Å²) in [7, 11) is -1.98. The number of nitrogens with zero attached hydrogens (tertiary/aromatic N) is 3. The Labute approximate surface area is 203 Å². The van der Waals surface area contributed by atoms with E-state index in [-0.39, 0.29) is 25.5 Å². The van der Waals surface area contributed by atoms with Gasteiger partial charge in [0.05, 0.1) is 6.54 Å². The second kappa shape index (κ2) is 8.78. The molecule has 2 aromatic rings. The lowest BCUT2D eigenvalue weighted by Gasteiger charge is -2.42. The predicted octanol–water partition coefficient (Wildman–Crippen LogP) is 1.48. The second-order valence-corrected chi connectivity index (χ2v) is 11.9. The molecule has 0 radical (unpaired) electrons. The Bertz CT molecular complexity index is 1340. The molecule has 1 atom stereocenters. The molecule has 0 spiro atoms. The average Bonchev–Trinajstić information content (AvgIpc) is 3.32. The van der Waals surface area contributed by atoms with Crippen LogP contribution >= 0.6 is 0 Å². The van der Waals surface area contributed by atoms with Gasteiger partial charge in [0.15, 0.2) is 20.3 Å². The first-order chi connectivity index (χ1) is 16.4. The molecule has 2 amide bonds. The maximum absolute atomic E-state index is 14.7. The molecule has 0 saturated carbocycles. The monoisotopic (exact) mass is 502 g/mol. The molecule has 0 unspecified atom stereocenters. The fourth-order valence-electron chi connectivity index (χ4n) is 4.39. The van der Waals surface area contributed by atoms with Crippen molar-refractivity contribution in [1.82, 2.24) is 19.8 Å². The Kier molecular flexibility index (Phi) is 6.25. The number of sulfone groups is 1. The molecule has 2 aliphatic heterocycles. The number of carbonyl (C=O) groups is 2. The van der Waals surface area contributed by atoms with E-state index in [0.717, 1.165) is 11.8 Å². The highest BCUT2D eigenvalue weighted by molar-refractivity contribution is 7.92. The van der Waals surface area contributed by atoms with Crippen molar-refractivity contribution in [3.05, 3.63) is 58.9 Å². The Morgan fingerprint density at radius 3 is 2.40 bits per heavy atom. The highest BCUT2D eigenvalue weighted by Crippen LogP contribution is 2.35. The molecule has 186 valence electrons. The highest BCUT2D eigenvalue weighted by Gasteiger charge is 2.44. The van der Waals surface area contributed by atoms with Gasteiger partial charge < -0.3 is 4.90 Å². The number of carbonyl (C=O) groups excluding carboxylic acids is 2. The van der Waals surface area contributed by atoms with Crippen molar-refractivity contribution >= 4 is 21.8 Å². The number of hydroxylamine groups is 1. The van der Waals surface area contributed by atoms with E-state index in [1.807, 2.05) is 11.9 Å². The van der Waals surface area contributed by atoms with Crippen LogP contribution in [0.25, 0.3) is 0 Å². The number of benzene rings is 1. The minimum absolute atomic E-state index is 0.0106. The van der Waals surface area contributed by atoms with E-state index in [1.165, 1.54) is 21.9 Å². The van der Waals surface area contributed by atoms with Gasteiger partial charge in [-0.3, -0.25) is 19.5 Å². The SMILES string of the molecule is CN1CC(F)(c2ccc(C#Cc3cc4n(c3)C(=O)N(CC[C@](C)(C(=O)NO)S(C)(=O)=O)C4)cc2)C1. The van der Waals surface area contributed by atoms with Crippen molar-refractivity contribution in [2.45, 2.75) is 30.3 Å². The van der Waals surface area contributed by atoms with Crippen molar-refractivity contribution in [3.8, 4) is 11.8 Å². The van der Waals surface area contributed by atoms with Crippen LogP contribution in [-0.2, 0) is 26.8 Å². The zero-order valence-electron chi connectivity index (χ0n) is 19.7. The van der Waals surface area contributed by atoms with Crippen LogP contribution < -0.4 is 5.48 Å². The summed E-state index contributed by atoms with van der Waals surface area (Å²) in [5.41, 5.74) is 2.79. The number of halogens is 1. The van der Waals surface area contributed by atoms with Crippen molar-refractivity contribution in [3.63, 3.8) is 0 Å². The number of amides is 2. The van der Waals surface area contributed by atoms with Crippen LogP contribution in [0.3, 0.4) is 0 Å². The third-order valence-electron chi connectivity index (χ3n) is 6.78. The van der Waals surface area contributed by atoms with Crippen molar-refractivity contribution in [2.24, 2.45) is 0 Å². The predicted molar refractivity (Wildman–Crippen MR) is 126 cm³/mol. The molecule has 0 bridgehead atoms. The maximum Gasteiger partial charge on any atom is 0.328 e. The van der Waals surface area contributed by atoms with Crippen molar-refractivity contribution in [2.75, 3.05) is 32.9 Å². The zero-order valence-corrected chi connectivity index (χ0v) is 20.5. The van der Waals surface area contributed by atoms with Crippen LogP contribution in [0.1, 0.15) is 35.7 Å². The first-order valence-electron chi connectivity index (χ1n) is 11.0. The minimum atomic E-state index is -3.85. The van der Waals surface area contributed by atoms with Crippen LogP contribution in [0.2, 0.25) is 0 Å². The van der Waals surface area contributed by atoms with E-state index < -0.39 is 26.2 Å². The van der Waals surface area contributed by atoms with Crippen LogP contribution in [0, 0.1) is 11.8 Å². The fraction of sp³-hybridized carbons (Fsp3) is 0.417. The van der Waals surface area contributed by atoms with Crippen molar-refractivity contribution in [1.29, 1.82) is 0 Å². The molecule has 0 aliphatic carbocycles. The lowest BCUT2D eigenvalue weighted by molar-refractivity contribution is -0.131. The first-order valence-corrected chi connectivity index (χ1v) is 12.9. The quantitative estimate of drug-likeness (QED) is 0.352. The number of aromatic nitrogens is 1. The fourth-order valence-corrected chi connectivity index (χ4v) is 5.23. The molecule has 1 saturated heterocycles. The van der Waals surface area contributed by atoms with Crippen LogP contribution in [-0.4, -0.2) is 77.6 Å². The Balaban J connectivity index is 1.41. The first kappa shape index (κ1) is 24.9. The van der Waals surface area contributed by atoms with E-state index in [1.54, 1.807) is 36.5 Å². The third kappa shape index (κ3) is 4.57. The molecule has 4 rings (SSSR count). The van der Waals surface area contributed by atoms with E-state index in [4.69, 9.17) is 5.21 Å². The normalized spacial score (nSPS) is 18.8. The molecule has 2 N–H and O–H groups in total. The summed E-state index contributed by atoms with van der Waals surface area (Å²) in [5, 5.41) is 8.94. The summed E-state index contributed by atoms with van der Waals surface area (Å²) in [4.78, 5) is 28.1. The summed E-state index contributed by atoms with van der Waals surface area (Å²) in [6.07, 6.45) is 2.35. The largest absolute Gasteiger partial charge is 0.328 e. The number of hydrogen-bond acceptors (Lipinski definition) is 6. The molecular formula is C24H27FN4O5S. The smallest absolute Gasteiger partial charge is 0.318 e. The van der Waals surface area contributed by atoms with Gasteiger partial charge in [-0.05, 0) is 44.2 Å². The van der Waals surface area contributed by atoms with Gasteiger partial charge >= 0.3 is 6.03 Å². The summed E-state index contributed by atoms with van der Waals surface area (Å²) >= 11 is 0. The molecule has 11 heteroatoms. The third-order valence-corrected chi connectivity index (χ3v) is 8.81. The van der Waals surface area contributed by atoms with Gasteiger partial charge in [0, 0.05) is 48.9 Å². The molecule has 35 heavy (non-hydrogen) atoms. The zero-order chi connectivity index (χ0) is 25.6. The summed E-state index contributed by atoms with van der Waals surface area (Å²) in [6, 6.07) is 8.48. The molecule has 9 nitrogen and oxygen atoms in total. The minimum Gasteiger partial charge on any atom is -0.318 e. The van der Waals surface area contributed by atoms with Gasteiger partial charge in [0.2, 0.25) is 0 Å². The lowest BCUT2D eigenvalue weighted by atomic mass is 9.88. The summed E-state index contributed by atoms with van der Waals surface area (Å²) < 4.78 is 38.5. The van der Waals surface area contributed by atoms with Gasteiger partial charge in [0.1, 0.15) is 0 Å². The Morgan fingerprint density at radius 1 is 1.23 bits per heavy atom. The van der Waals surface area contributed by atoms with Crippen LogP contribution in [0.15, 0.2) is 36.5 Å². The lowest BCUT2D eigenvalue weighted by Crippen LogP contribution is -2.54. The van der Waals surface area contributed by atoms with Gasteiger partial charge in [-0.15, -0.1) is 0 Å². The number of hydrogen-bond donors (Lipinski definition) is 2. The second-order valence-electron chi connectivity index (χ2n) is 9.45. The molecular weight excluding hydrogens is 475 g/mol. The standard InChI is InChI=1S/C24H27FN4O5S/c1-23(21(30)26-32,35(3,33)34)10-11-28-14-20-12-18(13-29(20)22(28)31)5-4-17-6-8-19(9-7-17)24(25)15-27(2)16-24/h6-9,12-13,32H,10-11,14-16H2,1-3H3,(H,26,30)/t23-/m1/s1. The number of likely N-dealkylation sites (N-methyl/N-ethyl adjacent to an activating group) is 1. The van der Waals surface area contributed by atoms with Gasteiger partial charge in [-0.25, -0.2) is 23.1 Å². The maximum atomic E-state index is 14.7. The van der Waals surface area contributed by atoms with Gasteiger partial charge in [0.25, 0.3) is 5.91 Å². The number of alkyl halides is 1. The molecule has 1 aromatic carbocycles. The Hall–Kier alpha value is -3.20. The number of fused-ring (bicyclic) bond motifs is 1. The van der Waals surface area contributed by atoms with Crippen LogP contribution in [0.5, 0.6) is 0 Å². The number of nitrogens with one attached hydrogen (secondary N) is 1. The van der Waals surface area contributed by atoms with Gasteiger partial charge in [-0.2, -0.15) is 0 Å².